The van der Waals surface area contributed by atoms with Gasteiger partial charge in [-0.2, -0.15) is 5.10 Å². The third-order valence-corrected chi connectivity index (χ3v) is 3.91. The van der Waals surface area contributed by atoms with Crippen LogP contribution in [0.15, 0.2) is 18.5 Å². The molecule has 1 fully saturated rings. The van der Waals surface area contributed by atoms with E-state index in [9.17, 15) is 0 Å². The zero-order chi connectivity index (χ0) is 14.8. The first kappa shape index (κ1) is 14.0. The van der Waals surface area contributed by atoms with Gasteiger partial charge in [-0.05, 0) is 26.3 Å². The molecule has 1 atom stereocenters. The van der Waals surface area contributed by atoms with Crippen molar-refractivity contribution in [2.24, 2.45) is 7.05 Å². The topological polar surface area (TPSA) is 58.9 Å². The number of hydrogen-bond donors (Lipinski definition) is 1. The first-order valence-corrected chi connectivity index (χ1v) is 7.38. The second kappa shape index (κ2) is 5.81. The van der Waals surface area contributed by atoms with Crippen LogP contribution in [0.2, 0.25) is 0 Å². The van der Waals surface area contributed by atoms with Gasteiger partial charge in [0.25, 0.3) is 0 Å². The van der Waals surface area contributed by atoms with E-state index in [2.05, 4.69) is 38.4 Å². The fraction of sp³-hybridized carbons (Fsp3) is 0.533. The number of anilines is 1. The van der Waals surface area contributed by atoms with Gasteiger partial charge in [0.15, 0.2) is 0 Å². The molecule has 0 bridgehead atoms. The molecular formula is C15H22N6. The summed E-state index contributed by atoms with van der Waals surface area (Å²) in [7, 11) is 1.97. The highest BCUT2D eigenvalue weighted by Gasteiger charge is 2.23. The Labute approximate surface area is 125 Å². The predicted molar refractivity (Wildman–Crippen MR) is 82.0 cm³/mol. The molecule has 0 radical (unpaired) electrons. The van der Waals surface area contributed by atoms with Crippen molar-refractivity contribution in [2.45, 2.75) is 32.9 Å². The molecule has 1 aliphatic heterocycles. The van der Waals surface area contributed by atoms with E-state index in [1.54, 1.807) is 6.20 Å². The van der Waals surface area contributed by atoms with E-state index in [1.807, 2.05) is 24.7 Å². The van der Waals surface area contributed by atoms with Crippen molar-refractivity contribution in [3.05, 3.63) is 35.4 Å². The molecule has 2 aromatic rings. The molecule has 0 aliphatic carbocycles. The molecule has 0 aromatic carbocycles. The molecule has 21 heavy (non-hydrogen) atoms. The van der Waals surface area contributed by atoms with Gasteiger partial charge in [-0.1, -0.05) is 0 Å². The van der Waals surface area contributed by atoms with Crippen LogP contribution < -0.4 is 5.32 Å². The van der Waals surface area contributed by atoms with Gasteiger partial charge in [-0.3, -0.25) is 9.58 Å². The van der Waals surface area contributed by atoms with Crippen molar-refractivity contribution >= 4 is 5.95 Å². The van der Waals surface area contributed by atoms with E-state index in [0.717, 1.165) is 43.4 Å². The van der Waals surface area contributed by atoms with Gasteiger partial charge < -0.3 is 5.32 Å². The Morgan fingerprint density at radius 1 is 1.38 bits per heavy atom. The summed E-state index contributed by atoms with van der Waals surface area (Å²) >= 11 is 0. The van der Waals surface area contributed by atoms with Crippen LogP contribution >= 0.6 is 0 Å². The maximum Gasteiger partial charge on any atom is 0.223 e. The van der Waals surface area contributed by atoms with Crippen molar-refractivity contribution in [3.63, 3.8) is 0 Å². The molecule has 6 nitrogen and oxygen atoms in total. The quantitative estimate of drug-likeness (QED) is 0.923. The largest absolute Gasteiger partial charge is 0.350 e. The number of aromatic nitrogens is 4. The van der Waals surface area contributed by atoms with Crippen molar-refractivity contribution in [1.29, 1.82) is 0 Å². The average molecular weight is 286 g/mol. The summed E-state index contributed by atoms with van der Waals surface area (Å²) in [6.45, 7) is 7.14. The summed E-state index contributed by atoms with van der Waals surface area (Å²) in [5.41, 5.74) is 3.43. The summed E-state index contributed by atoms with van der Waals surface area (Å²) in [4.78, 5) is 11.1. The molecule has 2 aromatic heterocycles. The fourth-order valence-corrected chi connectivity index (χ4v) is 2.84. The molecule has 0 amide bonds. The zero-order valence-corrected chi connectivity index (χ0v) is 12.9. The first-order chi connectivity index (χ1) is 10.1. The minimum absolute atomic E-state index is 0.420. The Balaban J connectivity index is 1.57. The number of nitrogens with one attached hydrogen (secondary N) is 1. The highest BCUT2D eigenvalue weighted by molar-refractivity contribution is 5.27. The van der Waals surface area contributed by atoms with Crippen LogP contribution in [0.3, 0.4) is 0 Å². The smallest absolute Gasteiger partial charge is 0.223 e. The van der Waals surface area contributed by atoms with Crippen LogP contribution in [-0.2, 0) is 13.6 Å². The first-order valence-electron chi connectivity index (χ1n) is 7.38. The summed E-state index contributed by atoms with van der Waals surface area (Å²) < 4.78 is 1.89. The fourth-order valence-electron chi connectivity index (χ4n) is 2.84. The summed E-state index contributed by atoms with van der Waals surface area (Å²) in [5.74, 6) is 0.736. The zero-order valence-electron chi connectivity index (χ0n) is 12.9. The minimum atomic E-state index is 0.420. The number of likely N-dealkylation sites (tertiary alicyclic amines) is 1. The van der Waals surface area contributed by atoms with E-state index < -0.39 is 0 Å². The van der Waals surface area contributed by atoms with Crippen molar-refractivity contribution in [2.75, 3.05) is 18.4 Å². The molecule has 0 spiro atoms. The number of rotatable bonds is 4. The van der Waals surface area contributed by atoms with E-state index in [0.29, 0.717) is 6.04 Å². The van der Waals surface area contributed by atoms with Crippen LogP contribution in [-0.4, -0.2) is 43.8 Å². The van der Waals surface area contributed by atoms with Gasteiger partial charge >= 0.3 is 0 Å². The van der Waals surface area contributed by atoms with Crippen LogP contribution in [0.25, 0.3) is 0 Å². The van der Waals surface area contributed by atoms with Gasteiger partial charge in [0.05, 0.1) is 5.69 Å². The Kier molecular flexibility index (Phi) is 3.88. The molecule has 3 heterocycles. The predicted octanol–water partition coefficient (Wildman–Crippen LogP) is 1.51. The average Bonchev–Trinajstić information content (AvgIpc) is 2.97. The highest BCUT2D eigenvalue weighted by Crippen LogP contribution is 2.17. The van der Waals surface area contributed by atoms with E-state index in [1.165, 1.54) is 5.56 Å². The monoisotopic (exact) mass is 286 g/mol. The van der Waals surface area contributed by atoms with E-state index >= 15 is 0 Å². The van der Waals surface area contributed by atoms with Crippen LogP contribution in [0.4, 0.5) is 5.95 Å². The van der Waals surface area contributed by atoms with Crippen LogP contribution in [0.5, 0.6) is 0 Å². The Bertz CT molecular complexity index is 620. The van der Waals surface area contributed by atoms with Gasteiger partial charge in [0.1, 0.15) is 0 Å². The van der Waals surface area contributed by atoms with Gasteiger partial charge in [-0.15, -0.1) is 0 Å². The third-order valence-electron chi connectivity index (χ3n) is 3.91. The molecule has 6 heteroatoms. The number of aryl methyl sites for hydroxylation is 3. The molecular weight excluding hydrogens is 264 g/mol. The summed E-state index contributed by atoms with van der Waals surface area (Å²) in [6.07, 6.45) is 5.03. The SMILES string of the molecule is Cc1ccnc(NC2CCN(Cc3cn(C)nc3C)C2)n1. The molecule has 3 rings (SSSR count). The molecule has 1 unspecified atom stereocenters. The molecule has 1 aliphatic rings. The van der Waals surface area contributed by atoms with Gasteiger partial charge in [0.2, 0.25) is 5.95 Å². The van der Waals surface area contributed by atoms with Crippen molar-refractivity contribution in [1.82, 2.24) is 24.6 Å². The lowest BCUT2D eigenvalue weighted by atomic mass is 10.2. The Morgan fingerprint density at radius 2 is 2.24 bits per heavy atom. The van der Waals surface area contributed by atoms with E-state index in [-0.39, 0.29) is 0 Å². The lowest BCUT2D eigenvalue weighted by Crippen LogP contribution is -2.26. The lowest BCUT2D eigenvalue weighted by molar-refractivity contribution is 0.328. The summed E-state index contributed by atoms with van der Waals surface area (Å²) in [6, 6.07) is 2.33. The molecule has 1 N–H and O–H groups in total. The second-order valence-corrected chi connectivity index (χ2v) is 5.80. The summed E-state index contributed by atoms with van der Waals surface area (Å²) in [5, 5.41) is 7.84. The maximum absolute atomic E-state index is 4.41. The second-order valence-electron chi connectivity index (χ2n) is 5.80. The molecule has 1 saturated heterocycles. The maximum atomic E-state index is 4.41. The standard InChI is InChI=1S/C15H22N6/c1-11-4-6-16-15(17-11)18-14-5-7-21(10-14)9-13-8-20(3)19-12(13)2/h4,6,8,14H,5,7,9-10H2,1-3H3,(H,16,17,18). The number of hydrogen-bond acceptors (Lipinski definition) is 5. The lowest BCUT2D eigenvalue weighted by Gasteiger charge is -2.16. The van der Waals surface area contributed by atoms with Gasteiger partial charge in [0, 0.05) is 56.4 Å². The van der Waals surface area contributed by atoms with Crippen molar-refractivity contribution in [3.8, 4) is 0 Å². The van der Waals surface area contributed by atoms with E-state index in [4.69, 9.17) is 0 Å². The van der Waals surface area contributed by atoms with Gasteiger partial charge in [-0.25, -0.2) is 9.97 Å². The molecule has 0 saturated carbocycles. The Morgan fingerprint density at radius 3 is 2.95 bits per heavy atom. The van der Waals surface area contributed by atoms with Crippen LogP contribution in [0, 0.1) is 13.8 Å². The Hall–Kier alpha value is -1.95. The molecule has 112 valence electrons. The number of nitrogens with zero attached hydrogens (tertiary/aromatic N) is 5. The highest BCUT2D eigenvalue weighted by atomic mass is 15.3. The normalized spacial score (nSPS) is 19.1. The van der Waals surface area contributed by atoms with Crippen molar-refractivity contribution < 1.29 is 0 Å². The van der Waals surface area contributed by atoms with Crippen LogP contribution in [0.1, 0.15) is 23.4 Å². The third kappa shape index (κ3) is 3.39. The minimum Gasteiger partial charge on any atom is -0.350 e.